The Bertz CT molecular complexity index is 3250. The molecular weight excluding hydrogens is 691 g/mol. The molecule has 11 rings (SSSR count). The summed E-state index contributed by atoms with van der Waals surface area (Å²) in [6.07, 6.45) is 0. The van der Waals surface area contributed by atoms with E-state index in [1.54, 1.807) is 0 Å². The van der Waals surface area contributed by atoms with Gasteiger partial charge in [0.1, 0.15) is 28.0 Å². The van der Waals surface area contributed by atoms with Crippen molar-refractivity contribution < 1.29 is 8.83 Å². The van der Waals surface area contributed by atoms with Gasteiger partial charge >= 0.3 is 0 Å². The minimum atomic E-state index is 0.532. The van der Waals surface area contributed by atoms with Crippen LogP contribution in [0.5, 0.6) is 0 Å². The Morgan fingerprint density at radius 1 is 0.321 bits per heavy atom. The van der Waals surface area contributed by atoms with Crippen molar-refractivity contribution >= 4 is 44.0 Å². The van der Waals surface area contributed by atoms with Crippen LogP contribution in [0.2, 0.25) is 0 Å². The highest BCUT2D eigenvalue weighted by molar-refractivity contribution is 6.17. The molecule has 0 amide bonds. The third-order valence-corrected chi connectivity index (χ3v) is 10.2. The average Bonchev–Trinajstić information content (AvgIpc) is 3.86. The maximum Gasteiger partial charge on any atom is 0.180 e. The van der Waals surface area contributed by atoms with Gasteiger partial charge in [0.2, 0.25) is 0 Å². The van der Waals surface area contributed by atoms with Crippen molar-refractivity contribution in [1.29, 1.82) is 0 Å². The Hall–Kier alpha value is -7.77. The normalized spacial score (nSPS) is 11.6. The molecule has 7 heteroatoms. The fraction of sp³-hybridized carbons (Fsp3) is 0. The molecule has 0 aliphatic heterocycles. The Morgan fingerprint density at radius 2 is 0.821 bits per heavy atom. The number of hydrogen-bond acceptors (Lipinski definition) is 7. The first-order chi connectivity index (χ1) is 27.7. The number of rotatable bonds is 6. The predicted octanol–water partition coefficient (Wildman–Crippen LogP) is 12.5. The average molecular weight is 720 g/mol. The van der Waals surface area contributed by atoms with Crippen molar-refractivity contribution in [1.82, 2.24) is 24.9 Å². The summed E-state index contributed by atoms with van der Waals surface area (Å²) in [7, 11) is 0. The van der Waals surface area contributed by atoms with Crippen LogP contribution in [0.1, 0.15) is 0 Å². The van der Waals surface area contributed by atoms with Gasteiger partial charge in [-0.15, -0.1) is 0 Å². The topological polar surface area (TPSA) is 90.7 Å². The van der Waals surface area contributed by atoms with Gasteiger partial charge in [0.15, 0.2) is 28.9 Å². The number of hydrogen-bond donors (Lipinski definition) is 0. The third-order valence-electron chi connectivity index (χ3n) is 10.2. The van der Waals surface area contributed by atoms with Crippen LogP contribution in [-0.4, -0.2) is 24.9 Å². The Balaban J connectivity index is 1.16. The fourth-order valence-electron chi connectivity index (χ4n) is 7.55. The van der Waals surface area contributed by atoms with Crippen LogP contribution in [0.15, 0.2) is 185 Å². The minimum absolute atomic E-state index is 0.532. The van der Waals surface area contributed by atoms with E-state index in [9.17, 15) is 0 Å². The van der Waals surface area contributed by atoms with E-state index in [1.165, 1.54) is 0 Å². The lowest BCUT2D eigenvalue weighted by atomic mass is 10.0. The van der Waals surface area contributed by atoms with Crippen LogP contribution in [0.25, 0.3) is 112 Å². The smallest absolute Gasteiger partial charge is 0.180 e. The predicted molar refractivity (Wildman–Crippen MR) is 223 cm³/mol. The molecular formula is C49H29N5O2. The molecule has 7 aromatic carbocycles. The first kappa shape index (κ1) is 31.7. The van der Waals surface area contributed by atoms with E-state index < -0.39 is 0 Å². The van der Waals surface area contributed by atoms with Gasteiger partial charge in [-0.2, -0.15) is 0 Å². The van der Waals surface area contributed by atoms with Crippen molar-refractivity contribution in [3.8, 4) is 67.9 Å². The van der Waals surface area contributed by atoms with Gasteiger partial charge in [-0.1, -0.05) is 146 Å². The second kappa shape index (κ2) is 13.0. The summed E-state index contributed by atoms with van der Waals surface area (Å²) >= 11 is 0. The van der Waals surface area contributed by atoms with E-state index in [4.69, 9.17) is 33.8 Å². The quantitative estimate of drug-likeness (QED) is 0.169. The summed E-state index contributed by atoms with van der Waals surface area (Å²) in [6, 6.07) is 58.8. The largest absolute Gasteiger partial charge is 0.456 e. The third kappa shape index (κ3) is 5.33. The van der Waals surface area contributed by atoms with Crippen LogP contribution in [0.4, 0.5) is 0 Å². The van der Waals surface area contributed by atoms with Crippen molar-refractivity contribution in [2.24, 2.45) is 0 Å². The van der Waals surface area contributed by atoms with Crippen molar-refractivity contribution in [2.75, 3.05) is 0 Å². The molecule has 0 radical (unpaired) electrons. The molecule has 4 heterocycles. The number of furan rings is 2. The van der Waals surface area contributed by atoms with E-state index in [2.05, 4.69) is 30.3 Å². The zero-order chi connectivity index (χ0) is 37.0. The van der Waals surface area contributed by atoms with Crippen molar-refractivity contribution in [3.63, 3.8) is 0 Å². The lowest BCUT2D eigenvalue weighted by Gasteiger charge is -2.11. The molecule has 0 bridgehead atoms. The van der Waals surface area contributed by atoms with Gasteiger partial charge in [-0.3, -0.25) is 0 Å². The van der Waals surface area contributed by atoms with Gasteiger partial charge in [-0.25, -0.2) is 24.9 Å². The molecule has 0 atom stereocenters. The number of benzene rings is 7. The molecule has 0 saturated carbocycles. The molecule has 0 N–H and O–H groups in total. The second-order valence-electron chi connectivity index (χ2n) is 13.6. The summed E-state index contributed by atoms with van der Waals surface area (Å²) in [6.45, 7) is 0. The van der Waals surface area contributed by atoms with Gasteiger partial charge in [0.05, 0.1) is 0 Å². The summed E-state index contributed by atoms with van der Waals surface area (Å²) in [5.74, 6) is 2.24. The van der Waals surface area contributed by atoms with Crippen LogP contribution in [-0.2, 0) is 0 Å². The van der Waals surface area contributed by atoms with Crippen LogP contribution >= 0.6 is 0 Å². The first-order valence-corrected chi connectivity index (χ1v) is 18.4. The molecule has 4 aromatic heterocycles. The van der Waals surface area contributed by atoms with Gasteiger partial charge in [0.25, 0.3) is 0 Å². The highest BCUT2D eigenvalue weighted by atomic mass is 16.3. The van der Waals surface area contributed by atoms with Crippen molar-refractivity contribution in [2.45, 2.75) is 0 Å². The SMILES string of the molecule is c1ccc(-c2cccc(-c3nc(-c4ccccc4)nc(-c4cccc5oc6cccc(-c7nc(-c8ccccc8)c8oc9ccccc9c8n7)c6c45)n3)c2)cc1. The summed E-state index contributed by atoms with van der Waals surface area (Å²) in [5.41, 5.74) is 10.8. The maximum atomic E-state index is 6.58. The molecule has 0 unspecified atom stereocenters. The minimum Gasteiger partial charge on any atom is -0.456 e. The first-order valence-electron chi connectivity index (χ1n) is 18.4. The van der Waals surface area contributed by atoms with Gasteiger partial charge < -0.3 is 8.83 Å². The Kier molecular flexibility index (Phi) is 7.35. The zero-order valence-electron chi connectivity index (χ0n) is 29.8. The number of aromatic nitrogens is 5. The van der Waals surface area contributed by atoms with E-state index in [0.717, 1.165) is 71.9 Å². The second-order valence-corrected chi connectivity index (χ2v) is 13.6. The zero-order valence-corrected chi connectivity index (χ0v) is 29.8. The standard InChI is InChI=1S/C49H29N5O2/c1-4-15-30(16-5-1)33-21-12-22-34(29-33)47-52-46(32-19-8-3-9-20-32)53-49(54-47)37-25-14-28-40-42(37)41-36(24-13-27-39(41)55-40)48-50-43(31-17-6-2-7-18-31)45-44(51-48)35-23-10-11-26-38(35)56-45/h1-29H. The highest BCUT2D eigenvalue weighted by Gasteiger charge is 2.23. The number of nitrogens with zero attached hydrogens (tertiary/aromatic N) is 5. The molecule has 262 valence electrons. The number of para-hydroxylation sites is 1. The lowest BCUT2D eigenvalue weighted by molar-refractivity contribution is 0.667. The van der Waals surface area contributed by atoms with E-state index in [1.807, 2.05) is 146 Å². The van der Waals surface area contributed by atoms with Gasteiger partial charge in [0, 0.05) is 44.0 Å². The lowest BCUT2D eigenvalue weighted by Crippen LogP contribution is -2.00. The molecule has 11 aromatic rings. The maximum absolute atomic E-state index is 6.58. The molecule has 7 nitrogen and oxygen atoms in total. The molecule has 0 aliphatic rings. The number of fused-ring (bicyclic) bond motifs is 6. The van der Waals surface area contributed by atoms with E-state index >= 15 is 0 Å². The summed E-state index contributed by atoms with van der Waals surface area (Å²) < 4.78 is 13.0. The fourth-order valence-corrected chi connectivity index (χ4v) is 7.55. The summed E-state index contributed by atoms with van der Waals surface area (Å²) in [4.78, 5) is 25.8. The molecule has 0 fully saturated rings. The van der Waals surface area contributed by atoms with Crippen LogP contribution < -0.4 is 0 Å². The van der Waals surface area contributed by atoms with Crippen LogP contribution in [0.3, 0.4) is 0 Å². The summed E-state index contributed by atoms with van der Waals surface area (Å²) in [5, 5.41) is 2.67. The molecule has 0 saturated heterocycles. The monoisotopic (exact) mass is 719 g/mol. The highest BCUT2D eigenvalue weighted by Crippen LogP contribution is 2.42. The van der Waals surface area contributed by atoms with Gasteiger partial charge in [-0.05, 0) is 41.5 Å². The molecule has 56 heavy (non-hydrogen) atoms. The molecule has 0 aliphatic carbocycles. The molecule has 0 spiro atoms. The van der Waals surface area contributed by atoms with E-state index in [0.29, 0.717) is 40.0 Å². The van der Waals surface area contributed by atoms with Crippen molar-refractivity contribution in [3.05, 3.63) is 176 Å². The Morgan fingerprint density at radius 3 is 1.52 bits per heavy atom. The Labute approximate surface area is 320 Å². The van der Waals surface area contributed by atoms with Crippen LogP contribution in [0, 0.1) is 0 Å². The van der Waals surface area contributed by atoms with E-state index in [-0.39, 0.29) is 0 Å².